The third-order valence-corrected chi connectivity index (χ3v) is 3.18. The van der Waals surface area contributed by atoms with Crippen molar-refractivity contribution in [2.24, 2.45) is 5.41 Å². The van der Waals surface area contributed by atoms with Gasteiger partial charge in [0.1, 0.15) is 12.0 Å². The summed E-state index contributed by atoms with van der Waals surface area (Å²) in [5, 5.41) is 2.75. The number of nitrogens with zero attached hydrogens (tertiary/aromatic N) is 2. The quantitative estimate of drug-likeness (QED) is 0.685. The summed E-state index contributed by atoms with van der Waals surface area (Å²) in [5.41, 5.74) is -0.515. The van der Waals surface area contributed by atoms with Crippen molar-refractivity contribution in [1.29, 1.82) is 0 Å². The van der Waals surface area contributed by atoms with Crippen LogP contribution in [0.25, 0.3) is 0 Å². The molecule has 1 aromatic rings. The molecule has 0 radical (unpaired) electrons. The molecule has 1 aromatic heterocycles. The van der Waals surface area contributed by atoms with Crippen LogP contribution < -0.4 is 5.32 Å². The first-order valence-corrected chi connectivity index (χ1v) is 5.71. The van der Waals surface area contributed by atoms with Crippen LogP contribution in [0.2, 0.25) is 10.3 Å². The Labute approximate surface area is 108 Å². The maximum atomic E-state index is 11.8. The van der Waals surface area contributed by atoms with Gasteiger partial charge in [0, 0.05) is 5.88 Å². The molecule has 0 unspecified atom stereocenters. The van der Waals surface area contributed by atoms with Crippen LogP contribution >= 0.6 is 34.8 Å². The summed E-state index contributed by atoms with van der Waals surface area (Å²) in [6, 6.07) is 0. The Kier molecular flexibility index (Phi) is 4.35. The average molecular weight is 283 g/mol. The minimum atomic E-state index is -0.718. The summed E-state index contributed by atoms with van der Waals surface area (Å²) in [7, 11) is 0. The Bertz CT molecular complexity index is 389. The van der Waals surface area contributed by atoms with E-state index in [0.717, 1.165) is 0 Å². The molecule has 0 aliphatic carbocycles. The summed E-state index contributed by atoms with van der Waals surface area (Å²) < 4.78 is 0. The Balaban J connectivity index is 2.94. The first-order valence-electron chi connectivity index (χ1n) is 4.42. The van der Waals surface area contributed by atoms with Crippen molar-refractivity contribution >= 4 is 46.4 Å². The monoisotopic (exact) mass is 281 g/mol. The zero-order valence-corrected chi connectivity index (χ0v) is 11.0. The molecular weight excluding hydrogens is 272 g/mol. The second-order valence-electron chi connectivity index (χ2n) is 3.80. The number of carbonyl (C=O) groups excluding carboxylic acids is 1. The van der Waals surface area contributed by atoms with Gasteiger partial charge in [-0.25, -0.2) is 9.97 Å². The van der Waals surface area contributed by atoms with Gasteiger partial charge in [0.2, 0.25) is 5.91 Å². The lowest BCUT2D eigenvalue weighted by molar-refractivity contribution is -0.122. The molecule has 1 heterocycles. The minimum absolute atomic E-state index is 0.0960. The highest BCUT2D eigenvalue weighted by atomic mass is 35.5. The van der Waals surface area contributed by atoms with Gasteiger partial charge in [0.25, 0.3) is 0 Å². The van der Waals surface area contributed by atoms with Crippen LogP contribution in [0.5, 0.6) is 0 Å². The molecule has 16 heavy (non-hydrogen) atoms. The van der Waals surface area contributed by atoms with E-state index in [-0.39, 0.29) is 27.8 Å². The lowest BCUT2D eigenvalue weighted by Crippen LogP contribution is -2.32. The van der Waals surface area contributed by atoms with Gasteiger partial charge in [0.15, 0.2) is 10.3 Å². The molecule has 0 atom stereocenters. The Morgan fingerprint density at radius 1 is 1.38 bits per heavy atom. The summed E-state index contributed by atoms with van der Waals surface area (Å²) in [5.74, 6) is -0.108. The molecule has 0 saturated heterocycles. The maximum absolute atomic E-state index is 11.8. The molecule has 7 heteroatoms. The van der Waals surface area contributed by atoms with Crippen molar-refractivity contribution in [2.45, 2.75) is 13.8 Å². The van der Waals surface area contributed by atoms with E-state index in [1.54, 1.807) is 13.8 Å². The van der Waals surface area contributed by atoms with Crippen LogP contribution in [-0.2, 0) is 4.79 Å². The highest BCUT2D eigenvalue weighted by molar-refractivity contribution is 6.38. The zero-order chi connectivity index (χ0) is 12.3. The van der Waals surface area contributed by atoms with Crippen molar-refractivity contribution in [2.75, 3.05) is 11.2 Å². The summed E-state index contributed by atoms with van der Waals surface area (Å²) in [4.78, 5) is 19.2. The van der Waals surface area contributed by atoms with Gasteiger partial charge in [-0.15, -0.1) is 11.6 Å². The third-order valence-electron chi connectivity index (χ3n) is 1.94. The van der Waals surface area contributed by atoms with E-state index in [1.165, 1.54) is 6.33 Å². The van der Waals surface area contributed by atoms with Gasteiger partial charge in [-0.1, -0.05) is 23.2 Å². The van der Waals surface area contributed by atoms with Crippen LogP contribution in [0.3, 0.4) is 0 Å². The average Bonchev–Trinajstić information content (AvgIpc) is 2.23. The van der Waals surface area contributed by atoms with E-state index in [0.29, 0.717) is 0 Å². The van der Waals surface area contributed by atoms with Gasteiger partial charge in [-0.2, -0.15) is 0 Å². The molecule has 1 rings (SSSR count). The third kappa shape index (κ3) is 2.97. The fourth-order valence-corrected chi connectivity index (χ4v) is 1.32. The van der Waals surface area contributed by atoms with Gasteiger partial charge in [-0.3, -0.25) is 4.79 Å². The molecule has 0 saturated carbocycles. The number of amides is 1. The lowest BCUT2D eigenvalue weighted by atomic mass is 9.95. The fraction of sp³-hybridized carbons (Fsp3) is 0.444. The fourth-order valence-electron chi connectivity index (χ4n) is 0.791. The molecule has 0 aliphatic rings. The molecular formula is C9H10Cl3N3O. The second kappa shape index (κ2) is 5.17. The Morgan fingerprint density at radius 2 is 1.88 bits per heavy atom. The number of nitrogens with one attached hydrogen (secondary N) is 1. The second-order valence-corrected chi connectivity index (χ2v) is 4.79. The van der Waals surface area contributed by atoms with Crippen molar-refractivity contribution in [3.05, 3.63) is 16.6 Å². The van der Waals surface area contributed by atoms with Crippen molar-refractivity contribution in [3.63, 3.8) is 0 Å². The number of anilines is 1. The molecule has 4 nitrogen and oxygen atoms in total. The highest BCUT2D eigenvalue weighted by Crippen LogP contribution is 2.28. The molecule has 0 aliphatic heterocycles. The number of aromatic nitrogens is 2. The first-order chi connectivity index (χ1) is 7.38. The molecule has 88 valence electrons. The molecule has 0 fully saturated rings. The van der Waals surface area contributed by atoms with E-state index in [4.69, 9.17) is 34.8 Å². The van der Waals surface area contributed by atoms with Gasteiger partial charge >= 0.3 is 0 Å². The molecule has 0 spiro atoms. The molecule has 1 amide bonds. The first kappa shape index (κ1) is 13.5. The van der Waals surface area contributed by atoms with Crippen LogP contribution in [0.1, 0.15) is 13.8 Å². The summed E-state index contributed by atoms with van der Waals surface area (Å²) in [6.07, 6.45) is 1.22. The van der Waals surface area contributed by atoms with Crippen LogP contribution in [0.15, 0.2) is 6.33 Å². The van der Waals surface area contributed by atoms with Crippen LogP contribution in [0.4, 0.5) is 5.69 Å². The van der Waals surface area contributed by atoms with Crippen LogP contribution in [0, 0.1) is 5.41 Å². The minimum Gasteiger partial charge on any atom is -0.320 e. The van der Waals surface area contributed by atoms with E-state index in [1.807, 2.05) is 0 Å². The Morgan fingerprint density at radius 3 is 2.31 bits per heavy atom. The van der Waals surface area contributed by atoms with E-state index < -0.39 is 5.41 Å². The summed E-state index contributed by atoms with van der Waals surface area (Å²) in [6.45, 7) is 3.42. The van der Waals surface area contributed by atoms with Crippen LogP contribution in [-0.4, -0.2) is 21.8 Å². The Hall–Kier alpha value is -0.580. The zero-order valence-electron chi connectivity index (χ0n) is 8.72. The van der Waals surface area contributed by atoms with E-state index in [9.17, 15) is 4.79 Å². The van der Waals surface area contributed by atoms with E-state index >= 15 is 0 Å². The predicted octanol–water partition coefficient (Wildman–Crippen LogP) is 2.99. The number of alkyl halides is 1. The van der Waals surface area contributed by atoms with Crippen molar-refractivity contribution in [3.8, 4) is 0 Å². The molecule has 1 N–H and O–H groups in total. The normalized spacial score (nSPS) is 11.3. The number of carbonyl (C=O) groups is 1. The van der Waals surface area contributed by atoms with Crippen molar-refractivity contribution < 1.29 is 4.79 Å². The highest BCUT2D eigenvalue weighted by Gasteiger charge is 2.27. The SMILES string of the molecule is CC(C)(CCl)C(=O)Nc1c(Cl)ncnc1Cl. The van der Waals surface area contributed by atoms with Gasteiger partial charge in [-0.05, 0) is 13.8 Å². The van der Waals surface area contributed by atoms with Gasteiger partial charge in [0.05, 0.1) is 5.41 Å². The predicted molar refractivity (Wildman–Crippen MR) is 65.2 cm³/mol. The van der Waals surface area contributed by atoms with E-state index in [2.05, 4.69) is 15.3 Å². The topological polar surface area (TPSA) is 54.9 Å². The molecule has 0 bridgehead atoms. The van der Waals surface area contributed by atoms with Crippen molar-refractivity contribution in [1.82, 2.24) is 9.97 Å². The number of rotatable bonds is 3. The smallest absolute Gasteiger partial charge is 0.231 e. The molecule has 0 aromatic carbocycles. The van der Waals surface area contributed by atoms with Gasteiger partial charge < -0.3 is 5.32 Å². The number of hydrogen-bond acceptors (Lipinski definition) is 3. The largest absolute Gasteiger partial charge is 0.320 e. The lowest BCUT2D eigenvalue weighted by Gasteiger charge is -2.20. The number of hydrogen-bond donors (Lipinski definition) is 1. The summed E-state index contributed by atoms with van der Waals surface area (Å²) >= 11 is 17.2. The maximum Gasteiger partial charge on any atom is 0.231 e. The number of halogens is 3. The standard InChI is InChI=1S/C9H10Cl3N3O/c1-9(2,3-10)8(16)15-5-6(11)13-4-14-7(5)12/h4H,3H2,1-2H3,(H,15,16).